The maximum atomic E-state index is 11.7. The molecule has 0 heterocycles. The SMILES string of the molecule is COc1ccc(CCC(=O)N(C)CCO)cc1Br. The minimum absolute atomic E-state index is 0.00365. The molecular formula is C13H18BrNO3. The molecule has 0 bridgehead atoms. The number of amides is 1. The Kier molecular flexibility index (Phi) is 6.15. The Morgan fingerprint density at radius 1 is 1.50 bits per heavy atom. The first-order valence-corrected chi connectivity index (χ1v) is 6.55. The molecule has 0 spiro atoms. The van der Waals surface area contributed by atoms with Crippen molar-refractivity contribution < 1.29 is 14.6 Å². The van der Waals surface area contributed by atoms with Gasteiger partial charge in [0.05, 0.1) is 18.2 Å². The molecule has 0 saturated heterocycles. The Morgan fingerprint density at radius 3 is 2.78 bits per heavy atom. The van der Waals surface area contributed by atoms with E-state index in [1.165, 1.54) is 0 Å². The third-order valence-corrected chi connectivity index (χ3v) is 3.32. The minimum Gasteiger partial charge on any atom is -0.496 e. The molecule has 0 unspecified atom stereocenters. The van der Waals surface area contributed by atoms with Crippen molar-refractivity contribution in [3.8, 4) is 5.75 Å². The second kappa shape index (κ2) is 7.38. The third kappa shape index (κ3) is 4.31. The van der Waals surface area contributed by atoms with E-state index in [4.69, 9.17) is 9.84 Å². The normalized spacial score (nSPS) is 10.2. The molecule has 1 amide bonds. The summed E-state index contributed by atoms with van der Waals surface area (Å²) in [5.41, 5.74) is 1.08. The summed E-state index contributed by atoms with van der Waals surface area (Å²) in [6.45, 7) is 0.376. The number of hydrogen-bond acceptors (Lipinski definition) is 3. The average Bonchev–Trinajstić information content (AvgIpc) is 2.36. The summed E-state index contributed by atoms with van der Waals surface area (Å²) in [7, 11) is 3.32. The number of aryl methyl sites for hydroxylation is 1. The lowest BCUT2D eigenvalue weighted by molar-refractivity contribution is -0.130. The molecule has 100 valence electrons. The molecule has 1 N–H and O–H groups in total. The van der Waals surface area contributed by atoms with Gasteiger partial charge in [0.25, 0.3) is 0 Å². The van der Waals surface area contributed by atoms with Crippen LogP contribution in [0, 0.1) is 0 Å². The lowest BCUT2D eigenvalue weighted by atomic mass is 10.1. The molecule has 5 heteroatoms. The molecule has 0 aromatic heterocycles. The van der Waals surface area contributed by atoms with Crippen LogP contribution in [0.4, 0.5) is 0 Å². The molecule has 0 saturated carbocycles. The van der Waals surface area contributed by atoms with E-state index in [2.05, 4.69) is 15.9 Å². The number of rotatable bonds is 6. The molecule has 1 aromatic carbocycles. The predicted octanol–water partition coefficient (Wildman–Crippen LogP) is 1.84. The number of benzene rings is 1. The standard InChI is InChI=1S/C13H18BrNO3/c1-15(7-8-16)13(17)6-4-10-3-5-12(18-2)11(14)9-10/h3,5,9,16H,4,6-8H2,1-2H3. The monoisotopic (exact) mass is 315 g/mol. The molecule has 0 aliphatic rings. The topological polar surface area (TPSA) is 49.8 Å². The number of halogens is 1. The van der Waals surface area contributed by atoms with Crippen LogP contribution in [0.2, 0.25) is 0 Å². The minimum atomic E-state index is -0.00365. The number of carbonyl (C=O) groups is 1. The molecule has 18 heavy (non-hydrogen) atoms. The molecule has 0 aliphatic carbocycles. The van der Waals surface area contributed by atoms with Gasteiger partial charge >= 0.3 is 0 Å². The summed E-state index contributed by atoms with van der Waals surface area (Å²) in [4.78, 5) is 13.2. The van der Waals surface area contributed by atoms with E-state index in [1.807, 2.05) is 18.2 Å². The highest BCUT2D eigenvalue weighted by Gasteiger charge is 2.09. The zero-order chi connectivity index (χ0) is 13.5. The third-order valence-electron chi connectivity index (χ3n) is 2.70. The van der Waals surface area contributed by atoms with Gasteiger partial charge in [0.15, 0.2) is 0 Å². The van der Waals surface area contributed by atoms with Gasteiger partial charge in [-0.05, 0) is 40.0 Å². The van der Waals surface area contributed by atoms with E-state index in [0.717, 1.165) is 15.8 Å². The molecule has 0 fully saturated rings. The summed E-state index contributed by atoms with van der Waals surface area (Å²) in [6, 6.07) is 5.78. The van der Waals surface area contributed by atoms with Crippen molar-refractivity contribution in [3.63, 3.8) is 0 Å². The van der Waals surface area contributed by atoms with Crippen LogP contribution >= 0.6 is 15.9 Å². The van der Waals surface area contributed by atoms with E-state index in [9.17, 15) is 4.79 Å². The second-order valence-corrected chi connectivity index (χ2v) is 4.86. The average molecular weight is 316 g/mol. The van der Waals surface area contributed by atoms with Gasteiger partial charge < -0.3 is 14.7 Å². The van der Waals surface area contributed by atoms with Crippen LogP contribution < -0.4 is 4.74 Å². The highest BCUT2D eigenvalue weighted by atomic mass is 79.9. The highest BCUT2D eigenvalue weighted by Crippen LogP contribution is 2.25. The van der Waals surface area contributed by atoms with Crippen LogP contribution in [0.1, 0.15) is 12.0 Å². The van der Waals surface area contributed by atoms with Crippen molar-refractivity contribution in [1.29, 1.82) is 0 Å². The Hall–Kier alpha value is -1.07. The first kappa shape index (κ1) is 15.0. The van der Waals surface area contributed by atoms with Gasteiger partial charge in [-0.25, -0.2) is 0 Å². The van der Waals surface area contributed by atoms with E-state index in [1.54, 1.807) is 19.1 Å². The lowest BCUT2D eigenvalue weighted by Crippen LogP contribution is -2.29. The van der Waals surface area contributed by atoms with Gasteiger partial charge in [0.1, 0.15) is 5.75 Å². The van der Waals surface area contributed by atoms with Crippen LogP contribution in [0.25, 0.3) is 0 Å². The Balaban J connectivity index is 2.53. The van der Waals surface area contributed by atoms with Crippen LogP contribution in [0.3, 0.4) is 0 Å². The van der Waals surface area contributed by atoms with E-state index in [0.29, 0.717) is 19.4 Å². The molecule has 1 aromatic rings. The van der Waals surface area contributed by atoms with Crippen molar-refractivity contribution in [1.82, 2.24) is 4.90 Å². The van der Waals surface area contributed by atoms with Crippen LogP contribution in [-0.2, 0) is 11.2 Å². The number of ether oxygens (including phenoxy) is 1. The largest absolute Gasteiger partial charge is 0.496 e. The van der Waals surface area contributed by atoms with Gasteiger partial charge in [-0.1, -0.05) is 6.07 Å². The first-order chi connectivity index (χ1) is 8.58. The fourth-order valence-corrected chi connectivity index (χ4v) is 2.17. The molecule has 0 atom stereocenters. The molecule has 0 aliphatic heterocycles. The number of hydrogen-bond donors (Lipinski definition) is 1. The van der Waals surface area contributed by atoms with Crippen LogP contribution in [0.5, 0.6) is 5.75 Å². The maximum Gasteiger partial charge on any atom is 0.222 e. The predicted molar refractivity (Wildman–Crippen MR) is 73.7 cm³/mol. The number of aliphatic hydroxyl groups is 1. The van der Waals surface area contributed by atoms with Gasteiger partial charge in [-0.15, -0.1) is 0 Å². The van der Waals surface area contributed by atoms with Crippen molar-refractivity contribution >= 4 is 21.8 Å². The molecular weight excluding hydrogens is 298 g/mol. The van der Waals surface area contributed by atoms with E-state index >= 15 is 0 Å². The highest BCUT2D eigenvalue weighted by molar-refractivity contribution is 9.10. The first-order valence-electron chi connectivity index (χ1n) is 5.75. The maximum absolute atomic E-state index is 11.7. The lowest BCUT2D eigenvalue weighted by Gasteiger charge is -2.15. The van der Waals surface area contributed by atoms with E-state index in [-0.39, 0.29) is 12.5 Å². The fraction of sp³-hybridized carbons (Fsp3) is 0.462. The van der Waals surface area contributed by atoms with E-state index < -0.39 is 0 Å². The second-order valence-electron chi connectivity index (χ2n) is 4.01. The summed E-state index contributed by atoms with van der Waals surface area (Å²) in [5, 5.41) is 8.75. The Labute approximate surface area is 116 Å². The number of methoxy groups -OCH3 is 1. The molecule has 1 rings (SSSR count). The zero-order valence-electron chi connectivity index (χ0n) is 10.6. The Bertz CT molecular complexity index is 409. The fourth-order valence-electron chi connectivity index (χ4n) is 1.58. The number of carbonyl (C=O) groups excluding carboxylic acids is 1. The van der Waals surface area contributed by atoms with Gasteiger partial charge in [0, 0.05) is 20.0 Å². The van der Waals surface area contributed by atoms with Crippen molar-refractivity contribution in [2.45, 2.75) is 12.8 Å². The van der Waals surface area contributed by atoms with Gasteiger partial charge in [-0.3, -0.25) is 4.79 Å². The van der Waals surface area contributed by atoms with Crippen molar-refractivity contribution in [2.75, 3.05) is 27.3 Å². The Morgan fingerprint density at radius 2 is 2.22 bits per heavy atom. The molecule has 0 radical (unpaired) electrons. The molecule has 4 nitrogen and oxygen atoms in total. The number of aliphatic hydroxyl groups excluding tert-OH is 1. The smallest absolute Gasteiger partial charge is 0.222 e. The summed E-state index contributed by atoms with van der Waals surface area (Å²) >= 11 is 3.41. The number of nitrogens with zero attached hydrogens (tertiary/aromatic N) is 1. The van der Waals surface area contributed by atoms with Crippen LogP contribution in [0.15, 0.2) is 22.7 Å². The summed E-state index contributed by atoms with van der Waals surface area (Å²) in [6.07, 6.45) is 1.12. The van der Waals surface area contributed by atoms with Gasteiger partial charge in [-0.2, -0.15) is 0 Å². The summed E-state index contributed by atoms with van der Waals surface area (Å²) in [5.74, 6) is 0.818. The number of likely N-dealkylation sites (N-methyl/N-ethyl adjacent to an activating group) is 1. The quantitative estimate of drug-likeness (QED) is 0.871. The van der Waals surface area contributed by atoms with Crippen molar-refractivity contribution in [2.24, 2.45) is 0 Å². The van der Waals surface area contributed by atoms with Crippen molar-refractivity contribution in [3.05, 3.63) is 28.2 Å². The summed E-state index contributed by atoms with van der Waals surface area (Å²) < 4.78 is 6.03. The van der Waals surface area contributed by atoms with Gasteiger partial charge in [0.2, 0.25) is 5.91 Å². The zero-order valence-corrected chi connectivity index (χ0v) is 12.2. The van der Waals surface area contributed by atoms with Crippen LogP contribution in [-0.4, -0.2) is 43.2 Å².